The van der Waals surface area contributed by atoms with E-state index in [0.717, 1.165) is 28.2 Å². The Kier molecular flexibility index (Phi) is 4.61. The van der Waals surface area contributed by atoms with Gasteiger partial charge in [0.2, 0.25) is 0 Å². The lowest BCUT2D eigenvalue weighted by Gasteiger charge is -2.32. The van der Waals surface area contributed by atoms with E-state index < -0.39 is 0 Å². The van der Waals surface area contributed by atoms with Crippen molar-refractivity contribution >= 4 is 28.9 Å². The van der Waals surface area contributed by atoms with Crippen LogP contribution in [0.5, 0.6) is 0 Å². The van der Waals surface area contributed by atoms with Crippen LogP contribution in [0.1, 0.15) is 17.0 Å². The fourth-order valence-corrected chi connectivity index (χ4v) is 6.01. The number of hydrogen-bond donors (Lipinski definition) is 0. The number of pyridine rings is 1. The van der Waals surface area contributed by atoms with Crippen molar-refractivity contribution in [3.05, 3.63) is 139 Å². The summed E-state index contributed by atoms with van der Waals surface area (Å²) in [4.78, 5) is 12.2. The van der Waals surface area contributed by atoms with Crippen LogP contribution in [0.15, 0.2) is 133 Å². The van der Waals surface area contributed by atoms with E-state index in [0.29, 0.717) is 0 Å². The first-order chi connectivity index (χ1) is 18.8. The number of aromatic nitrogens is 2. The van der Waals surface area contributed by atoms with Gasteiger partial charge >= 0.3 is 0 Å². The highest BCUT2D eigenvalue weighted by Gasteiger charge is 2.41. The highest BCUT2D eigenvalue weighted by atomic mass is 15.2. The monoisotopic (exact) mass is 488 g/mol. The Morgan fingerprint density at radius 1 is 0.632 bits per heavy atom. The van der Waals surface area contributed by atoms with E-state index in [1.807, 2.05) is 18.2 Å². The summed E-state index contributed by atoms with van der Waals surface area (Å²) >= 11 is 0. The predicted octanol–water partition coefficient (Wildman–Crippen LogP) is 8.04. The lowest BCUT2D eigenvalue weighted by molar-refractivity contribution is 0.769. The molecule has 4 nitrogen and oxygen atoms in total. The number of nitrogens with zero attached hydrogens (tertiary/aromatic N) is 4. The number of hydrogen-bond acceptors (Lipinski definition) is 3. The Morgan fingerprint density at radius 2 is 1.39 bits per heavy atom. The minimum atomic E-state index is 0.158. The van der Waals surface area contributed by atoms with Gasteiger partial charge in [0.05, 0.1) is 23.1 Å². The molecule has 4 aromatic carbocycles. The molecule has 180 valence electrons. The summed E-state index contributed by atoms with van der Waals surface area (Å²) < 4.78 is 2.09. The van der Waals surface area contributed by atoms with E-state index in [-0.39, 0.29) is 12.0 Å². The molecule has 2 aromatic heterocycles. The van der Waals surface area contributed by atoms with Gasteiger partial charge in [0.25, 0.3) is 0 Å². The molecule has 8 rings (SSSR count). The average Bonchev–Trinajstić information content (AvgIpc) is 3.57. The van der Waals surface area contributed by atoms with Gasteiger partial charge in [-0.15, -0.1) is 0 Å². The van der Waals surface area contributed by atoms with Gasteiger partial charge in [0, 0.05) is 35.8 Å². The molecule has 4 heteroatoms. The van der Waals surface area contributed by atoms with Gasteiger partial charge in [-0.1, -0.05) is 84.9 Å². The average molecular weight is 489 g/mol. The van der Waals surface area contributed by atoms with Crippen LogP contribution in [0.25, 0.3) is 28.0 Å². The number of fused-ring (bicyclic) bond motifs is 6. The zero-order valence-electron chi connectivity index (χ0n) is 20.6. The number of aliphatic imine (C=N–C) groups is 1. The maximum Gasteiger partial charge on any atom is 0.138 e. The fourth-order valence-electron chi connectivity index (χ4n) is 6.01. The smallest absolute Gasteiger partial charge is 0.138 e. The summed E-state index contributed by atoms with van der Waals surface area (Å²) in [6, 6.07) is 41.0. The summed E-state index contributed by atoms with van der Waals surface area (Å²) in [5.74, 6) is 0.223. The second kappa shape index (κ2) is 8.29. The van der Waals surface area contributed by atoms with Crippen LogP contribution in [-0.2, 0) is 0 Å². The van der Waals surface area contributed by atoms with Crippen molar-refractivity contribution in [2.75, 3.05) is 4.90 Å². The third kappa shape index (κ3) is 3.24. The molecule has 0 N–H and O–H groups in total. The van der Waals surface area contributed by atoms with E-state index in [1.54, 1.807) is 0 Å². The largest absolute Gasteiger partial charge is 0.330 e. The second-order valence-electron chi connectivity index (χ2n) is 9.96. The van der Waals surface area contributed by atoms with Gasteiger partial charge in [0.15, 0.2) is 0 Å². The van der Waals surface area contributed by atoms with Gasteiger partial charge < -0.3 is 9.30 Å². The topological polar surface area (TPSA) is 32.9 Å². The van der Waals surface area contributed by atoms with Crippen LogP contribution in [0.2, 0.25) is 0 Å². The van der Waals surface area contributed by atoms with E-state index in [9.17, 15) is 0 Å². The van der Waals surface area contributed by atoms with Crippen molar-refractivity contribution in [2.45, 2.75) is 12.0 Å². The molecule has 0 saturated carbocycles. The van der Waals surface area contributed by atoms with E-state index in [2.05, 4.69) is 125 Å². The standard InChI is InChI=1S/C34H24N4/c1-2-8-24(9-3-1)29-22-37-19-18-26(20-33(37)36-29)23-14-16-25(17-15-23)34-27-10-4-6-12-30(27)38-31-13-7-5-11-28(31)35-21-32(34)38/h1-22,32,34H. The van der Waals surface area contributed by atoms with Crippen LogP contribution >= 0.6 is 0 Å². The summed E-state index contributed by atoms with van der Waals surface area (Å²) in [5, 5.41) is 0. The third-order valence-corrected chi connectivity index (χ3v) is 7.81. The molecule has 38 heavy (non-hydrogen) atoms. The number of benzene rings is 4. The lowest BCUT2D eigenvalue weighted by atomic mass is 9.87. The molecule has 2 atom stereocenters. The minimum absolute atomic E-state index is 0.158. The first kappa shape index (κ1) is 21.2. The van der Waals surface area contributed by atoms with Crippen LogP contribution in [-0.4, -0.2) is 21.6 Å². The molecule has 0 saturated heterocycles. The Bertz CT molecular complexity index is 1830. The third-order valence-electron chi connectivity index (χ3n) is 7.81. The lowest BCUT2D eigenvalue weighted by Crippen LogP contribution is -2.34. The van der Waals surface area contributed by atoms with Crippen molar-refractivity contribution in [2.24, 2.45) is 4.99 Å². The summed E-state index contributed by atoms with van der Waals surface area (Å²) in [7, 11) is 0. The maximum absolute atomic E-state index is 4.88. The summed E-state index contributed by atoms with van der Waals surface area (Å²) in [6.45, 7) is 0. The highest BCUT2D eigenvalue weighted by Crippen LogP contribution is 2.51. The van der Waals surface area contributed by atoms with Crippen LogP contribution in [0, 0.1) is 0 Å². The van der Waals surface area contributed by atoms with Crippen molar-refractivity contribution in [3.63, 3.8) is 0 Å². The number of imidazole rings is 1. The minimum Gasteiger partial charge on any atom is -0.330 e. The van der Waals surface area contributed by atoms with Gasteiger partial charge in [0.1, 0.15) is 5.65 Å². The van der Waals surface area contributed by atoms with Crippen molar-refractivity contribution in [3.8, 4) is 22.4 Å². The normalized spacial score (nSPS) is 17.3. The molecule has 0 fully saturated rings. The number of rotatable bonds is 3. The second-order valence-corrected chi connectivity index (χ2v) is 9.96. The van der Waals surface area contributed by atoms with Gasteiger partial charge in [-0.25, -0.2) is 4.98 Å². The van der Waals surface area contributed by atoms with Gasteiger partial charge in [-0.3, -0.25) is 4.99 Å². The molecule has 0 aliphatic carbocycles. The van der Waals surface area contributed by atoms with Crippen LogP contribution in [0.3, 0.4) is 0 Å². The molecule has 2 aliphatic heterocycles. The molecule has 2 aliphatic rings. The number of para-hydroxylation sites is 3. The summed E-state index contributed by atoms with van der Waals surface area (Å²) in [5.41, 5.74) is 11.5. The van der Waals surface area contributed by atoms with Crippen molar-refractivity contribution in [1.29, 1.82) is 0 Å². The van der Waals surface area contributed by atoms with Gasteiger partial charge in [-0.2, -0.15) is 0 Å². The molecule has 2 unspecified atom stereocenters. The molecule has 0 spiro atoms. The molecular formula is C34H24N4. The molecule has 0 radical (unpaired) electrons. The number of anilines is 2. The molecule has 4 heterocycles. The Morgan fingerprint density at radius 3 is 2.26 bits per heavy atom. The maximum atomic E-state index is 4.88. The Balaban J connectivity index is 1.15. The molecule has 0 bridgehead atoms. The highest BCUT2D eigenvalue weighted by molar-refractivity contribution is 5.94. The van der Waals surface area contributed by atoms with Crippen molar-refractivity contribution in [1.82, 2.24) is 9.38 Å². The first-order valence-electron chi connectivity index (χ1n) is 13.0. The molecule has 6 aromatic rings. The molecule has 0 amide bonds. The Labute approximate surface area is 221 Å². The fraction of sp³-hybridized carbons (Fsp3) is 0.0588. The van der Waals surface area contributed by atoms with E-state index in [4.69, 9.17) is 9.98 Å². The van der Waals surface area contributed by atoms with E-state index >= 15 is 0 Å². The summed E-state index contributed by atoms with van der Waals surface area (Å²) in [6.07, 6.45) is 6.31. The Hall–Kier alpha value is -4.96. The van der Waals surface area contributed by atoms with Crippen LogP contribution in [0.4, 0.5) is 17.1 Å². The molecular weight excluding hydrogens is 464 g/mol. The SMILES string of the molecule is C1=Nc2ccccc2N2c3ccccc3C(c3ccc(-c4ccn5cc(-c6ccccc6)nc5c4)cc3)C12. The quantitative estimate of drug-likeness (QED) is 0.253. The predicted molar refractivity (Wildman–Crippen MR) is 155 cm³/mol. The van der Waals surface area contributed by atoms with Crippen LogP contribution < -0.4 is 4.90 Å². The zero-order chi connectivity index (χ0) is 25.1. The van der Waals surface area contributed by atoms with Gasteiger partial charge in [-0.05, 0) is 52.6 Å². The van der Waals surface area contributed by atoms with Crippen molar-refractivity contribution < 1.29 is 0 Å². The van der Waals surface area contributed by atoms with E-state index in [1.165, 1.54) is 28.1 Å². The first-order valence-corrected chi connectivity index (χ1v) is 13.0. The zero-order valence-corrected chi connectivity index (χ0v) is 20.6.